The summed E-state index contributed by atoms with van der Waals surface area (Å²) in [7, 11) is 0. The molecular weight excluding hydrogens is 238 g/mol. The molecule has 102 valence electrons. The topological polar surface area (TPSA) is 118 Å². The second-order valence-electron chi connectivity index (χ2n) is 4.04. The van der Waals surface area contributed by atoms with Gasteiger partial charge in [0.25, 0.3) is 0 Å². The molecule has 0 bridgehead atoms. The zero-order chi connectivity index (χ0) is 14.1. The van der Waals surface area contributed by atoms with E-state index in [2.05, 4.69) is 10.6 Å². The van der Waals surface area contributed by atoms with Crippen LogP contribution >= 0.6 is 0 Å². The molecule has 1 unspecified atom stereocenters. The van der Waals surface area contributed by atoms with Gasteiger partial charge >= 0.3 is 0 Å². The first-order valence-electron chi connectivity index (χ1n) is 5.61. The zero-order valence-corrected chi connectivity index (χ0v) is 10.6. The minimum absolute atomic E-state index is 0.0232. The van der Waals surface area contributed by atoms with Gasteiger partial charge in [0.05, 0.1) is 19.1 Å². The second kappa shape index (κ2) is 8.35. The van der Waals surface area contributed by atoms with Crippen LogP contribution in [0.25, 0.3) is 0 Å². The maximum Gasteiger partial charge on any atom is 0.237 e. The lowest BCUT2D eigenvalue weighted by Crippen LogP contribution is -2.43. The van der Waals surface area contributed by atoms with E-state index < -0.39 is 11.9 Å². The number of hydrogen-bond donors (Lipinski definition) is 3. The number of rotatable bonds is 8. The van der Waals surface area contributed by atoms with Crippen molar-refractivity contribution in [2.75, 3.05) is 13.1 Å². The van der Waals surface area contributed by atoms with E-state index in [0.717, 1.165) is 0 Å². The molecule has 0 saturated carbocycles. The van der Waals surface area contributed by atoms with Crippen LogP contribution in [-0.2, 0) is 19.2 Å². The molecule has 0 spiro atoms. The number of amides is 2. The highest BCUT2D eigenvalue weighted by molar-refractivity contribution is 5.88. The van der Waals surface area contributed by atoms with Gasteiger partial charge in [0.15, 0.2) is 0 Å². The number of nitrogens with two attached hydrogens (primary N) is 1. The van der Waals surface area contributed by atoms with Crippen LogP contribution in [0.2, 0.25) is 0 Å². The second-order valence-corrected chi connectivity index (χ2v) is 4.04. The summed E-state index contributed by atoms with van der Waals surface area (Å²) in [4.78, 5) is 43.8. The van der Waals surface area contributed by atoms with Crippen LogP contribution in [-0.4, -0.2) is 42.5 Å². The lowest BCUT2D eigenvalue weighted by molar-refractivity contribution is -0.126. The van der Waals surface area contributed by atoms with Crippen molar-refractivity contribution in [3.05, 3.63) is 0 Å². The SMILES string of the molecule is CC(=O)CNC(=O)CCC(N)C(=O)NCC(C)=O. The van der Waals surface area contributed by atoms with Crippen LogP contribution in [0.5, 0.6) is 0 Å². The molecule has 0 aromatic rings. The fourth-order valence-corrected chi connectivity index (χ4v) is 1.07. The van der Waals surface area contributed by atoms with Gasteiger partial charge in [0, 0.05) is 6.42 Å². The van der Waals surface area contributed by atoms with Gasteiger partial charge in [-0.1, -0.05) is 0 Å². The number of carbonyl (C=O) groups is 4. The van der Waals surface area contributed by atoms with E-state index in [9.17, 15) is 19.2 Å². The average molecular weight is 257 g/mol. The predicted octanol–water partition coefficient (Wildman–Crippen LogP) is -1.50. The van der Waals surface area contributed by atoms with Crippen LogP contribution in [0.15, 0.2) is 0 Å². The van der Waals surface area contributed by atoms with E-state index in [-0.39, 0.29) is 43.4 Å². The number of Topliss-reactive ketones (excluding diaryl/α,β-unsaturated/α-hetero) is 2. The van der Waals surface area contributed by atoms with Crippen LogP contribution in [0.1, 0.15) is 26.7 Å². The van der Waals surface area contributed by atoms with Crippen molar-refractivity contribution in [2.24, 2.45) is 5.73 Å². The average Bonchev–Trinajstić information content (AvgIpc) is 2.30. The summed E-state index contributed by atoms with van der Waals surface area (Å²) in [6, 6.07) is -0.840. The standard InChI is InChI=1S/C11H19N3O4/c1-7(15)5-13-10(17)4-3-9(12)11(18)14-6-8(2)16/h9H,3-6,12H2,1-2H3,(H,13,17)(H,14,18). The molecule has 0 aliphatic rings. The van der Waals surface area contributed by atoms with Crippen LogP contribution in [0, 0.1) is 0 Å². The van der Waals surface area contributed by atoms with Gasteiger partial charge in [-0.25, -0.2) is 0 Å². The molecule has 7 heteroatoms. The molecule has 0 aliphatic heterocycles. The Hall–Kier alpha value is -1.76. The van der Waals surface area contributed by atoms with Crippen molar-refractivity contribution >= 4 is 23.4 Å². The highest BCUT2D eigenvalue weighted by atomic mass is 16.2. The summed E-state index contributed by atoms with van der Waals surface area (Å²) in [6.07, 6.45) is 0.218. The molecule has 0 aromatic heterocycles. The van der Waals surface area contributed by atoms with Gasteiger partial charge in [-0.05, 0) is 20.3 Å². The largest absolute Gasteiger partial charge is 0.349 e. The fraction of sp³-hybridized carbons (Fsp3) is 0.636. The smallest absolute Gasteiger partial charge is 0.237 e. The van der Waals surface area contributed by atoms with E-state index in [1.54, 1.807) is 0 Å². The van der Waals surface area contributed by atoms with Gasteiger partial charge in [0.1, 0.15) is 11.6 Å². The van der Waals surface area contributed by atoms with Gasteiger partial charge in [0.2, 0.25) is 11.8 Å². The number of carbonyl (C=O) groups excluding carboxylic acids is 4. The first kappa shape index (κ1) is 16.2. The Morgan fingerprint density at radius 3 is 2.00 bits per heavy atom. The minimum atomic E-state index is -0.840. The fourth-order valence-electron chi connectivity index (χ4n) is 1.07. The Bertz CT molecular complexity index is 341. The summed E-state index contributed by atoms with van der Waals surface area (Å²) in [5.74, 6) is -1.12. The van der Waals surface area contributed by atoms with Gasteiger partial charge in [-0.2, -0.15) is 0 Å². The third-order valence-electron chi connectivity index (χ3n) is 2.07. The maximum absolute atomic E-state index is 11.4. The molecule has 0 saturated heterocycles. The molecule has 2 amide bonds. The van der Waals surface area contributed by atoms with Crippen molar-refractivity contribution < 1.29 is 19.2 Å². The maximum atomic E-state index is 11.4. The van der Waals surface area contributed by atoms with Crippen LogP contribution < -0.4 is 16.4 Å². The first-order valence-corrected chi connectivity index (χ1v) is 5.61. The lowest BCUT2D eigenvalue weighted by atomic mass is 10.1. The van der Waals surface area contributed by atoms with Gasteiger partial charge < -0.3 is 16.4 Å². The van der Waals surface area contributed by atoms with E-state index >= 15 is 0 Å². The predicted molar refractivity (Wildman–Crippen MR) is 64.6 cm³/mol. The van der Waals surface area contributed by atoms with Gasteiger partial charge in [-0.3, -0.25) is 19.2 Å². The van der Waals surface area contributed by atoms with Crippen molar-refractivity contribution in [3.8, 4) is 0 Å². The number of nitrogens with one attached hydrogen (secondary N) is 2. The molecule has 4 N–H and O–H groups in total. The Kier molecular flexibility index (Phi) is 7.53. The van der Waals surface area contributed by atoms with Crippen molar-refractivity contribution in [1.29, 1.82) is 0 Å². The lowest BCUT2D eigenvalue weighted by Gasteiger charge is -2.11. The molecule has 0 aliphatic carbocycles. The zero-order valence-electron chi connectivity index (χ0n) is 10.6. The molecule has 0 fully saturated rings. The van der Waals surface area contributed by atoms with Crippen molar-refractivity contribution in [3.63, 3.8) is 0 Å². The van der Waals surface area contributed by atoms with Crippen molar-refractivity contribution in [2.45, 2.75) is 32.7 Å². The summed E-state index contributed by atoms with van der Waals surface area (Å²) in [5.41, 5.74) is 5.54. The van der Waals surface area contributed by atoms with Gasteiger partial charge in [-0.15, -0.1) is 0 Å². The third kappa shape index (κ3) is 8.40. The summed E-state index contributed by atoms with van der Waals surface area (Å²) in [6.45, 7) is 2.62. The Morgan fingerprint density at radius 2 is 1.50 bits per heavy atom. The highest BCUT2D eigenvalue weighted by Gasteiger charge is 2.15. The Labute approximate surface area is 105 Å². The van der Waals surface area contributed by atoms with Crippen LogP contribution in [0.4, 0.5) is 0 Å². The van der Waals surface area contributed by atoms with E-state index in [0.29, 0.717) is 0 Å². The van der Waals surface area contributed by atoms with E-state index in [1.807, 2.05) is 0 Å². The monoisotopic (exact) mass is 257 g/mol. The minimum Gasteiger partial charge on any atom is -0.349 e. The quantitative estimate of drug-likeness (QED) is 0.489. The summed E-state index contributed by atoms with van der Waals surface area (Å²) in [5, 5.41) is 4.75. The number of ketones is 2. The molecule has 18 heavy (non-hydrogen) atoms. The normalized spacial score (nSPS) is 11.5. The molecule has 1 atom stereocenters. The molecule has 0 aromatic carbocycles. The van der Waals surface area contributed by atoms with E-state index in [4.69, 9.17) is 5.73 Å². The van der Waals surface area contributed by atoms with Crippen molar-refractivity contribution in [1.82, 2.24) is 10.6 Å². The summed E-state index contributed by atoms with van der Waals surface area (Å²) < 4.78 is 0. The third-order valence-corrected chi connectivity index (χ3v) is 2.07. The molecule has 0 rings (SSSR count). The Morgan fingerprint density at radius 1 is 1.00 bits per heavy atom. The molecule has 0 radical (unpaired) electrons. The highest BCUT2D eigenvalue weighted by Crippen LogP contribution is 1.94. The van der Waals surface area contributed by atoms with E-state index in [1.165, 1.54) is 13.8 Å². The molecular formula is C11H19N3O4. The van der Waals surface area contributed by atoms with Crippen LogP contribution in [0.3, 0.4) is 0 Å². The first-order chi connectivity index (χ1) is 8.32. The molecule has 7 nitrogen and oxygen atoms in total. The summed E-state index contributed by atoms with van der Waals surface area (Å²) >= 11 is 0. The number of hydrogen-bond acceptors (Lipinski definition) is 5. The Balaban J connectivity index is 3.84. The molecule has 0 heterocycles.